The number of nitriles is 1. The fourth-order valence-corrected chi connectivity index (χ4v) is 6.60. The fraction of sp³-hybridized carbons (Fsp3) is 0.370. The van der Waals surface area contributed by atoms with Gasteiger partial charge in [0.2, 0.25) is 10.0 Å². The topological polar surface area (TPSA) is 170 Å². The number of nitrogen functional groups attached to an aromatic ring is 1. The number of carbonyl (C=O) groups is 1. The molecule has 2 saturated heterocycles. The molecule has 0 spiro atoms. The highest BCUT2D eigenvalue weighted by Gasteiger charge is 2.53. The molecule has 42 heavy (non-hydrogen) atoms. The van der Waals surface area contributed by atoms with E-state index in [1.807, 2.05) is 6.07 Å². The van der Waals surface area contributed by atoms with Crippen molar-refractivity contribution in [2.24, 2.45) is 0 Å². The van der Waals surface area contributed by atoms with E-state index < -0.39 is 39.9 Å². The van der Waals surface area contributed by atoms with Gasteiger partial charge in [-0.05, 0) is 62.4 Å². The number of nitrogens with one attached hydrogen (secondary N) is 1. The maximum Gasteiger partial charge on any atom is 0.490 e. The molecule has 3 N–H and O–H groups in total. The number of aromatic nitrogens is 3. The highest BCUT2D eigenvalue weighted by molar-refractivity contribution is 7.89. The van der Waals surface area contributed by atoms with Gasteiger partial charge in [0, 0.05) is 17.3 Å². The molecule has 0 unspecified atom stereocenters. The highest BCUT2D eigenvalue weighted by Crippen LogP contribution is 2.45. The van der Waals surface area contributed by atoms with Crippen LogP contribution in [0.5, 0.6) is 0 Å². The number of ether oxygens (including phenoxy) is 2. The molecule has 220 valence electrons. The minimum absolute atomic E-state index is 0.0326. The summed E-state index contributed by atoms with van der Waals surface area (Å²) >= 11 is 0. The zero-order chi connectivity index (χ0) is 30.3. The van der Waals surface area contributed by atoms with Crippen molar-refractivity contribution in [3.63, 3.8) is 0 Å². The third-order valence-corrected chi connectivity index (χ3v) is 9.14. The molecule has 0 amide bonds. The number of fused-ring (bicyclic) bond motifs is 3. The molecular formula is C27H25F3N6O5S. The first-order valence-electron chi connectivity index (χ1n) is 12.8. The van der Waals surface area contributed by atoms with E-state index in [9.17, 15) is 31.6 Å². The lowest BCUT2D eigenvalue weighted by molar-refractivity contribution is -0.219. The molecule has 1 saturated carbocycles. The Bertz CT molecular complexity index is 1680. The Kier molecular flexibility index (Phi) is 7.42. The molecule has 4 heterocycles. The minimum atomic E-state index is -5.11. The Morgan fingerprint density at radius 1 is 1.19 bits per heavy atom. The van der Waals surface area contributed by atoms with Crippen molar-refractivity contribution in [2.45, 2.75) is 54.8 Å². The minimum Gasteiger partial charge on any atom is -0.456 e. The van der Waals surface area contributed by atoms with Crippen molar-refractivity contribution < 1.29 is 35.9 Å². The molecular weight excluding hydrogens is 577 g/mol. The monoisotopic (exact) mass is 602 g/mol. The number of aryl methyl sites for hydroxylation is 1. The van der Waals surface area contributed by atoms with Crippen molar-refractivity contribution in [1.29, 1.82) is 5.26 Å². The van der Waals surface area contributed by atoms with Gasteiger partial charge in [-0.2, -0.15) is 18.4 Å². The maximum atomic E-state index is 13.5. The number of rotatable bonds is 7. The number of sulfonamides is 1. The molecule has 1 aliphatic carbocycles. The van der Waals surface area contributed by atoms with Crippen molar-refractivity contribution in [3.05, 3.63) is 54.0 Å². The SMILES string of the molecule is Cc1ccc(S(=O)(=O)NC23CCC(COC(=O)C(F)(F)F)(CC2)OC3)cc1-c1cnc(N)c(-c2ccnc(C#N)c2)n1. The molecule has 2 aromatic heterocycles. The van der Waals surface area contributed by atoms with Crippen LogP contribution in [0.1, 0.15) is 36.9 Å². The Balaban J connectivity index is 1.36. The molecule has 3 aromatic rings. The van der Waals surface area contributed by atoms with E-state index >= 15 is 0 Å². The Labute approximate surface area is 239 Å². The van der Waals surface area contributed by atoms with Crippen LogP contribution >= 0.6 is 0 Å². The molecule has 11 nitrogen and oxygen atoms in total. The number of esters is 1. The predicted molar refractivity (Wildman–Crippen MR) is 142 cm³/mol. The predicted octanol–water partition coefficient (Wildman–Crippen LogP) is 3.43. The smallest absolute Gasteiger partial charge is 0.456 e. The molecule has 0 atom stereocenters. The second-order valence-corrected chi connectivity index (χ2v) is 12.1. The summed E-state index contributed by atoms with van der Waals surface area (Å²) in [5.74, 6) is -2.17. The van der Waals surface area contributed by atoms with Gasteiger partial charge in [0.1, 0.15) is 35.5 Å². The number of hydrogen-bond acceptors (Lipinski definition) is 10. The molecule has 3 fully saturated rings. The first-order valence-corrected chi connectivity index (χ1v) is 14.3. The van der Waals surface area contributed by atoms with Crippen LogP contribution in [-0.4, -0.2) is 59.9 Å². The summed E-state index contributed by atoms with van der Waals surface area (Å²) in [7, 11) is -4.08. The summed E-state index contributed by atoms with van der Waals surface area (Å²) in [5, 5.41) is 9.19. The van der Waals surface area contributed by atoms with E-state index in [0.717, 1.165) is 5.56 Å². The lowest BCUT2D eigenvalue weighted by Crippen LogP contribution is -2.64. The number of nitrogens with zero attached hydrogens (tertiary/aromatic N) is 4. The van der Waals surface area contributed by atoms with E-state index in [2.05, 4.69) is 24.4 Å². The molecule has 0 radical (unpaired) electrons. The maximum absolute atomic E-state index is 13.5. The molecule has 3 aliphatic rings. The zero-order valence-corrected chi connectivity index (χ0v) is 23.1. The van der Waals surface area contributed by atoms with E-state index in [1.54, 1.807) is 19.1 Å². The zero-order valence-electron chi connectivity index (χ0n) is 22.2. The van der Waals surface area contributed by atoms with E-state index in [1.165, 1.54) is 30.6 Å². The number of nitrogens with two attached hydrogens (primary N) is 1. The van der Waals surface area contributed by atoms with Gasteiger partial charge in [0.15, 0.2) is 0 Å². The van der Waals surface area contributed by atoms with E-state index in [4.69, 9.17) is 10.5 Å². The van der Waals surface area contributed by atoms with Crippen LogP contribution in [0.15, 0.2) is 47.6 Å². The van der Waals surface area contributed by atoms with Gasteiger partial charge in [-0.1, -0.05) is 6.07 Å². The second-order valence-electron chi connectivity index (χ2n) is 10.4. The van der Waals surface area contributed by atoms with Crippen LogP contribution in [0.2, 0.25) is 0 Å². The molecule has 6 rings (SSSR count). The first-order chi connectivity index (χ1) is 19.7. The number of carbonyl (C=O) groups excluding carboxylic acids is 1. The molecule has 2 aliphatic heterocycles. The second kappa shape index (κ2) is 10.6. The van der Waals surface area contributed by atoms with Crippen LogP contribution in [0, 0.1) is 18.3 Å². The Hall–Kier alpha value is -4.13. The normalized spacial score (nSPS) is 22.0. The van der Waals surface area contributed by atoms with Crippen molar-refractivity contribution in [2.75, 3.05) is 18.9 Å². The quantitative estimate of drug-likeness (QED) is 0.382. The molecule has 15 heteroatoms. The highest BCUT2D eigenvalue weighted by atomic mass is 32.2. The van der Waals surface area contributed by atoms with Crippen LogP contribution < -0.4 is 10.5 Å². The summed E-state index contributed by atoms with van der Waals surface area (Å²) in [5.41, 5.74) is 6.59. The van der Waals surface area contributed by atoms with Crippen molar-refractivity contribution >= 4 is 21.8 Å². The van der Waals surface area contributed by atoms with E-state index in [-0.39, 0.29) is 48.7 Å². The molecule has 1 aromatic carbocycles. The lowest BCUT2D eigenvalue weighted by atomic mass is 9.72. The number of pyridine rings is 1. The van der Waals surface area contributed by atoms with Crippen LogP contribution in [0.25, 0.3) is 22.5 Å². The average Bonchev–Trinajstić information content (AvgIpc) is 2.96. The number of benzene rings is 1. The van der Waals surface area contributed by atoms with E-state index in [0.29, 0.717) is 22.5 Å². The number of halogens is 3. The Morgan fingerprint density at radius 2 is 1.93 bits per heavy atom. The van der Waals surface area contributed by atoms with Gasteiger partial charge in [0.05, 0.1) is 28.9 Å². The van der Waals surface area contributed by atoms with Gasteiger partial charge in [-0.3, -0.25) is 0 Å². The van der Waals surface area contributed by atoms with Gasteiger partial charge >= 0.3 is 12.1 Å². The first kappa shape index (κ1) is 29.4. The third kappa shape index (κ3) is 5.78. The fourth-order valence-electron chi connectivity index (χ4n) is 5.13. The van der Waals surface area contributed by atoms with Crippen LogP contribution in [-0.2, 0) is 24.3 Å². The lowest BCUT2D eigenvalue weighted by Gasteiger charge is -2.52. The Morgan fingerprint density at radius 3 is 2.57 bits per heavy atom. The average molecular weight is 603 g/mol. The van der Waals surface area contributed by atoms with Gasteiger partial charge in [-0.15, -0.1) is 0 Å². The molecule has 2 bridgehead atoms. The van der Waals surface area contributed by atoms with Crippen LogP contribution in [0.4, 0.5) is 19.0 Å². The summed E-state index contributed by atoms with van der Waals surface area (Å²) in [6.07, 6.45) is -1.22. The summed E-state index contributed by atoms with van der Waals surface area (Å²) in [6.45, 7) is 1.15. The largest absolute Gasteiger partial charge is 0.490 e. The third-order valence-electron chi connectivity index (χ3n) is 7.57. The van der Waals surface area contributed by atoms with Gasteiger partial charge in [-0.25, -0.2) is 32.9 Å². The van der Waals surface area contributed by atoms with Crippen LogP contribution in [0.3, 0.4) is 0 Å². The van der Waals surface area contributed by atoms with Gasteiger partial charge in [0.25, 0.3) is 0 Å². The van der Waals surface area contributed by atoms with Crippen molar-refractivity contribution in [3.8, 4) is 28.6 Å². The van der Waals surface area contributed by atoms with Crippen molar-refractivity contribution in [1.82, 2.24) is 19.7 Å². The summed E-state index contributed by atoms with van der Waals surface area (Å²) < 4.78 is 77.6. The number of alkyl halides is 3. The number of anilines is 1. The standard InChI is InChI=1S/C27H25F3N6O5S/c1-16-2-3-19(11-20(16)21-13-34-23(32)22(35-21)17-4-9-33-18(10-17)12-31)42(38,39)36-25-5-7-26(8-6-25,41-14-25)15-40-24(37)27(28,29)30/h2-4,9-11,13,36H,5-8,14-15H2,1H3,(H2,32,34). The summed E-state index contributed by atoms with van der Waals surface area (Å²) in [4.78, 5) is 23.9. The summed E-state index contributed by atoms with van der Waals surface area (Å²) in [6, 6.07) is 9.67. The van der Waals surface area contributed by atoms with Gasteiger partial charge < -0.3 is 15.2 Å². The number of hydrogen-bond donors (Lipinski definition) is 2.